The first-order valence-electron chi connectivity index (χ1n) is 8.19. The van der Waals surface area contributed by atoms with Gasteiger partial charge in [-0.15, -0.1) is 10.2 Å². The maximum Gasteiger partial charge on any atom is 0.325 e. The Hall–Kier alpha value is -2.35. The van der Waals surface area contributed by atoms with E-state index in [-0.39, 0.29) is 23.6 Å². The number of thioether (sulfide) groups is 1. The van der Waals surface area contributed by atoms with Gasteiger partial charge in [-0.05, 0) is 11.0 Å². The van der Waals surface area contributed by atoms with Crippen LogP contribution in [0.25, 0.3) is 11.4 Å². The van der Waals surface area contributed by atoms with Gasteiger partial charge in [0.25, 0.3) is 0 Å². The van der Waals surface area contributed by atoms with E-state index in [9.17, 15) is 9.59 Å². The molecule has 1 heterocycles. The summed E-state index contributed by atoms with van der Waals surface area (Å²) in [5.74, 6) is 0.136. The molecule has 7 nitrogen and oxygen atoms in total. The van der Waals surface area contributed by atoms with E-state index >= 15 is 0 Å². The highest BCUT2D eigenvalue weighted by atomic mass is 32.2. The smallest absolute Gasteiger partial charge is 0.325 e. The Morgan fingerprint density at radius 2 is 1.85 bits per heavy atom. The molecular weight excluding hydrogens is 352 g/mol. The molecule has 0 radical (unpaired) electrons. The Morgan fingerprint density at radius 1 is 1.19 bits per heavy atom. The number of methoxy groups -OCH3 is 1. The number of hydrogen-bond acceptors (Lipinski definition) is 6. The average molecular weight is 376 g/mol. The predicted molar refractivity (Wildman–Crippen MR) is 101 cm³/mol. The van der Waals surface area contributed by atoms with Gasteiger partial charge in [-0.2, -0.15) is 0 Å². The molecule has 26 heavy (non-hydrogen) atoms. The second-order valence-corrected chi connectivity index (χ2v) is 7.78. The van der Waals surface area contributed by atoms with E-state index in [1.165, 1.54) is 24.4 Å². The monoisotopic (exact) mass is 376 g/mol. The minimum absolute atomic E-state index is 0.0942. The Kier molecular flexibility index (Phi) is 6.42. The Balaban J connectivity index is 2.01. The summed E-state index contributed by atoms with van der Waals surface area (Å²) in [5.41, 5.74) is 2.31. The normalized spacial score (nSPS) is 11.3. The van der Waals surface area contributed by atoms with Crippen LogP contribution in [0.4, 0.5) is 0 Å². The van der Waals surface area contributed by atoms with Crippen molar-refractivity contribution in [2.45, 2.75) is 31.3 Å². The van der Waals surface area contributed by atoms with Crippen LogP contribution >= 0.6 is 11.8 Å². The zero-order valence-electron chi connectivity index (χ0n) is 15.7. The third kappa shape index (κ3) is 5.08. The lowest BCUT2D eigenvalue weighted by Gasteiger charge is -2.19. The molecule has 1 aromatic carbocycles. The highest BCUT2D eigenvalue weighted by Gasteiger charge is 2.16. The molecule has 1 amide bonds. The SMILES string of the molecule is COC(=O)CNC(=O)CSc1nnc(-c2ccc(C(C)(C)C)cc2)n1C. The van der Waals surface area contributed by atoms with Crippen LogP contribution in [0.1, 0.15) is 26.3 Å². The second-order valence-electron chi connectivity index (χ2n) is 6.83. The molecule has 0 bridgehead atoms. The van der Waals surface area contributed by atoms with Crippen LogP contribution in [0.2, 0.25) is 0 Å². The summed E-state index contributed by atoms with van der Waals surface area (Å²) in [6.45, 7) is 6.37. The number of benzene rings is 1. The predicted octanol–water partition coefficient (Wildman–Crippen LogP) is 2.16. The van der Waals surface area contributed by atoms with Crippen LogP contribution in [0.3, 0.4) is 0 Å². The molecule has 0 atom stereocenters. The highest BCUT2D eigenvalue weighted by Crippen LogP contribution is 2.26. The molecule has 2 rings (SSSR count). The summed E-state index contributed by atoms with van der Waals surface area (Å²) < 4.78 is 6.33. The van der Waals surface area contributed by atoms with Crippen molar-refractivity contribution in [3.63, 3.8) is 0 Å². The number of esters is 1. The van der Waals surface area contributed by atoms with Crippen LogP contribution in [0, 0.1) is 0 Å². The average Bonchev–Trinajstić information content (AvgIpc) is 2.97. The molecule has 0 aliphatic heterocycles. The molecule has 8 heteroatoms. The van der Waals surface area contributed by atoms with Crippen molar-refractivity contribution >= 4 is 23.6 Å². The quantitative estimate of drug-likeness (QED) is 0.614. The molecule has 0 fully saturated rings. The molecule has 2 aromatic rings. The number of rotatable bonds is 6. The number of carbonyl (C=O) groups is 2. The van der Waals surface area contributed by atoms with Crippen LogP contribution in [0.15, 0.2) is 29.4 Å². The van der Waals surface area contributed by atoms with Gasteiger partial charge in [-0.3, -0.25) is 9.59 Å². The molecule has 1 aromatic heterocycles. The minimum Gasteiger partial charge on any atom is -0.468 e. The maximum absolute atomic E-state index is 11.8. The second kappa shape index (κ2) is 8.35. The number of amides is 1. The van der Waals surface area contributed by atoms with Gasteiger partial charge in [0.15, 0.2) is 11.0 Å². The fourth-order valence-electron chi connectivity index (χ4n) is 2.24. The lowest BCUT2D eigenvalue weighted by molar-refractivity contribution is -0.140. The summed E-state index contributed by atoms with van der Waals surface area (Å²) in [4.78, 5) is 22.8. The van der Waals surface area contributed by atoms with E-state index < -0.39 is 5.97 Å². The molecule has 0 saturated carbocycles. The summed E-state index contributed by atoms with van der Waals surface area (Å²) in [5, 5.41) is 11.5. The fourth-order valence-corrected chi connectivity index (χ4v) is 2.98. The van der Waals surface area contributed by atoms with Crippen molar-refractivity contribution in [1.82, 2.24) is 20.1 Å². The van der Waals surface area contributed by atoms with E-state index in [0.717, 1.165) is 11.4 Å². The van der Waals surface area contributed by atoms with Gasteiger partial charge in [0.1, 0.15) is 6.54 Å². The zero-order chi connectivity index (χ0) is 19.3. The molecule has 0 aliphatic rings. The van der Waals surface area contributed by atoms with Gasteiger partial charge in [0.05, 0.1) is 12.9 Å². The van der Waals surface area contributed by atoms with Crippen molar-refractivity contribution in [3.05, 3.63) is 29.8 Å². The van der Waals surface area contributed by atoms with Gasteiger partial charge in [0, 0.05) is 12.6 Å². The first kappa shape index (κ1) is 20.0. The summed E-state index contributed by atoms with van der Waals surface area (Å²) >= 11 is 1.26. The number of carbonyl (C=O) groups excluding carboxylic acids is 2. The maximum atomic E-state index is 11.8. The standard InChI is InChI=1S/C18H24N4O3S/c1-18(2,3)13-8-6-12(7-9-13)16-20-21-17(22(16)4)26-11-14(23)19-10-15(24)25-5/h6-9H,10-11H2,1-5H3,(H,19,23). The first-order valence-corrected chi connectivity index (χ1v) is 9.17. The summed E-state index contributed by atoms with van der Waals surface area (Å²) in [6, 6.07) is 8.25. The summed E-state index contributed by atoms with van der Waals surface area (Å²) in [7, 11) is 3.14. The van der Waals surface area contributed by atoms with E-state index in [1.807, 2.05) is 23.7 Å². The number of ether oxygens (including phenoxy) is 1. The van der Waals surface area contributed by atoms with E-state index in [4.69, 9.17) is 0 Å². The van der Waals surface area contributed by atoms with Crippen LogP contribution in [0.5, 0.6) is 0 Å². The van der Waals surface area contributed by atoms with Crippen molar-refractivity contribution in [1.29, 1.82) is 0 Å². The van der Waals surface area contributed by atoms with Gasteiger partial charge < -0.3 is 14.6 Å². The fraction of sp³-hybridized carbons (Fsp3) is 0.444. The van der Waals surface area contributed by atoms with E-state index in [1.54, 1.807) is 0 Å². The van der Waals surface area contributed by atoms with Crippen molar-refractivity contribution in [2.24, 2.45) is 7.05 Å². The third-order valence-corrected chi connectivity index (χ3v) is 4.85. The number of nitrogens with zero attached hydrogens (tertiary/aromatic N) is 3. The molecule has 1 N–H and O–H groups in total. The third-order valence-electron chi connectivity index (χ3n) is 3.83. The number of aromatic nitrogens is 3. The lowest BCUT2D eigenvalue weighted by Crippen LogP contribution is -2.31. The Labute approximate surface area is 157 Å². The summed E-state index contributed by atoms with van der Waals surface area (Å²) in [6.07, 6.45) is 0. The molecule has 0 aliphatic carbocycles. The van der Waals surface area contributed by atoms with E-state index in [0.29, 0.717) is 5.16 Å². The molecule has 0 unspecified atom stereocenters. The molecular formula is C18H24N4O3S. The molecule has 140 valence electrons. The minimum atomic E-state index is -0.483. The van der Waals surface area contributed by atoms with Crippen molar-refractivity contribution in [2.75, 3.05) is 19.4 Å². The van der Waals surface area contributed by atoms with Gasteiger partial charge >= 0.3 is 5.97 Å². The van der Waals surface area contributed by atoms with Gasteiger partial charge in [-0.25, -0.2) is 0 Å². The largest absolute Gasteiger partial charge is 0.468 e. The van der Waals surface area contributed by atoms with E-state index in [2.05, 4.69) is 53.2 Å². The van der Waals surface area contributed by atoms with Crippen molar-refractivity contribution in [3.8, 4) is 11.4 Å². The lowest BCUT2D eigenvalue weighted by atomic mass is 9.87. The highest BCUT2D eigenvalue weighted by molar-refractivity contribution is 7.99. The van der Waals surface area contributed by atoms with Crippen LogP contribution in [-0.2, 0) is 26.8 Å². The number of nitrogens with one attached hydrogen (secondary N) is 1. The topological polar surface area (TPSA) is 86.1 Å². The number of hydrogen-bond donors (Lipinski definition) is 1. The van der Waals surface area contributed by atoms with Gasteiger partial charge in [-0.1, -0.05) is 56.8 Å². The zero-order valence-corrected chi connectivity index (χ0v) is 16.5. The van der Waals surface area contributed by atoms with Gasteiger partial charge in [0.2, 0.25) is 5.91 Å². The molecule has 0 saturated heterocycles. The Bertz CT molecular complexity index is 779. The molecule has 0 spiro atoms. The Morgan fingerprint density at radius 3 is 2.42 bits per heavy atom. The first-order chi connectivity index (χ1) is 12.2. The van der Waals surface area contributed by atoms with Crippen molar-refractivity contribution < 1.29 is 14.3 Å². The van der Waals surface area contributed by atoms with Crippen LogP contribution in [-0.4, -0.2) is 46.0 Å². The van der Waals surface area contributed by atoms with Crippen LogP contribution < -0.4 is 5.32 Å².